The van der Waals surface area contributed by atoms with Gasteiger partial charge in [-0.3, -0.25) is 13.9 Å². The topological polar surface area (TPSA) is 119 Å². The molecule has 0 bridgehead atoms. The highest BCUT2D eigenvalue weighted by molar-refractivity contribution is 5.81. The van der Waals surface area contributed by atoms with E-state index in [4.69, 9.17) is 9.72 Å². The molecule has 10 nitrogen and oxygen atoms in total. The standard InChI is InChI=1S/C26H25N7O3/c34-25(35)14-23(18-7-10-32-16-28-31-24(32)13-18)33-22-6-5-21(12-19(22)15-29-33)36-11-8-20-4-3-17-2-1-9-27-26(17)30-20/h3-7,10,12-13,15-16,23H,1-2,8-9,11,14H2,(H,27,30)(H,34,35). The number of pyridine rings is 2. The number of aliphatic carboxylic acids is 1. The van der Waals surface area contributed by atoms with E-state index in [1.807, 2.05) is 36.5 Å². The monoisotopic (exact) mass is 483 g/mol. The first-order valence-corrected chi connectivity index (χ1v) is 12.0. The Hall–Kier alpha value is -4.47. The fourth-order valence-corrected chi connectivity index (χ4v) is 4.70. The molecule has 0 saturated carbocycles. The summed E-state index contributed by atoms with van der Waals surface area (Å²) in [7, 11) is 0. The van der Waals surface area contributed by atoms with Crippen LogP contribution in [0.1, 0.15) is 35.7 Å². The van der Waals surface area contributed by atoms with E-state index in [2.05, 4.69) is 32.7 Å². The van der Waals surface area contributed by atoms with Gasteiger partial charge in [0.05, 0.1) is 30.8 Å². The lowest BCUT2D eigenvalue weighted by molar-refractivity contribution is -0.137. The van der Waals surface area contributed by atoms with Crippen molar-refractivity contribution in [3.8, 4) is 5.75 Å². The summed E-state index contributed by atoms with van der Waals surface area (Å²) in [6, 6.07) is 13.2. The van der Waals surface area contributed by atoms with Crippen LogP contribution in [0.2, 0.25) is 0 Å². The highest BCUT2D eigenvalue weighted by Crippen LogP contribution is 2.29. The summed E-state index contributed by atoms with van der Waals surface area (Å²) in [4.78, 5) is 16.4. The third-order valence-corrected chi connectivity index (χ3v) is 6.52. The number of nitrogens with one attached hydrogen (secondary N) is 1. The predicted octanol–water partition coefficient (Wildman–Crippen LogP) is 3.52. The van der Waals surface area contributed by atoms with Crippen LogP contribution < -0.4 is 10.1 Å². The number of carboxylic acids is 1. The first-order chi connectivity index (χ1) is 17.6. The Morgan fingerprint density at radius 1 is 1.19 bits per heavy atom. The number of carboxylic acid groups (broad SMARTS) is 1. The Kier molecular flexibility index (Phi) is 5.68. The van der Waals surface area contributed by atoms with Gasteiger partial charge in [-0.1, -0.05) is 6.07 Å². The highest BCUT2D eigenvalue weighted by atomic mass is 16.5. The van der Waals surface area contributed by atoms with Gasteiger partial charge in [0.2, 0.25) is 0 Å². The van der Waals surface area contributed by atoms with Crippen LogP contribution in [0.3, 0.4) is 0 Å². The Bertz CT molecular complexity index is 1560. The van der Waals surface area contributed by atoms with Crippen LogP contribution in [-0.4, -0.2) is 53.6 Å². The van der Waals surface area contributed by atoms with E-state index < -0.39 is 12.0 Å². The highest BCUT2D eigenvalue weighted by Gasteiger charge is 2.21. The molecule has 2 N–H and O–H groups in total. The second kappa shape index (κ2) is 9.29. The Morgan fingerprint density at radius 3 is 3.06 bits per heavy atom. The molecule has 0 radical (unpaired) electrons. The molecule has 1 aromatic carbocycles. The number of nitrogens with zero attached hydrogens (tertiary/aromatic N) is 6. The third kappa shape index (κ3) is 4.33. The van der Waals surface area contributed by atoms with Crippen molar-refractivity contribution in [2.45, 2.75) is 31.7 Å². The van der Waals surface area contributed by atoms with Gasteiger partial charge >= 0.3 is 5.97 Å². The molecular weight excluding hydrogens is 458 g/mol. The lowest BCUT2D eigenvalue weighted by Gasteiger charge is -2.18. The molecule has 0 saturated heterocycles. The summed E-state index contributed by atoms with van der Waals surface area (Å²) >= 11 is 0. The SMILES string of the molecule is O=C(O)CC(c1ccn2cnnc2c1)n1ncc2cc(OCCc3ccc4c(n3)NCCC4)ccc21. The quantitative estimate of drug-likeness (QED) is 0.344. The number of fused-ring (bicyclic) bond motifs is 3. The van der Waals surface area contributed by atoms with Crippen molar-refractivity contribution in [2.75, 3.05) is 18.5 Å². The maximum atomic E-state index is 11.7. The average molecular weight is 484 g/mol. The van der Waals surface area contributed by atoms with Gasteiger partial charge in [-0.15, -0.1) is 10.2 Å². The van der Waals surface area contributed by atoms with Gasteiger partial charge in [-0.05, 0) is 60.4 Å². The smallest absolute Gasteiger partial charge is 0.305 e. The number of anilines is 1. The number of ether oxygens (including phenoxy) is 1. The second-order valence-corrected chi connectivity index (χ2v) is 8.92. The van der Waals surface area contributed by atoms with Crippen LogP contribution in [-0.2, 0) is 17.6 Å². The maximum Gasteiger partial charge on any atom is 0.305 e. The minimum Gasteiger partial charge on any atom is -0.493 e. The minimum atomic E-state index is -0.907. The summed E-state index contributed by atoms with van der Waals surface area (Å²) in [5.41, 5.74) is 4.56. The van der Waals surface area contributed by atoms with Gasteiger partial charge in [-0.25, -0.2) is 4.98 Å². The fraction of sp³-hybridized carbons (Fsp3) is 0.269. The molecule has 36 heavy (non-hydrogen) atoms. The summed E-state index contributed by atoms with van der Waals surface area (Å²) in [6.45, 7) is 1.47. The van der Waals surface area contributed by atoms with Crippen molar-refractivity contribution < 1.29 is 14.6 Å². The number of carbonyl (C=O) groups is 1. The fourth-order valence-electron chi connectivity index (χ4n) is 4.70. The first kappa shape index (κ1) is 22.0. The van der Waals surface area contributed by atoms with E-state index in [1.54, 1.807) is 21.6 Å². The van der Waals surface area contributed by atoms with Crippen molar-refractivity contribution in [1.82, 2.24) is 29.4 Å². The molecule has 0 aliphatic carbocycles. The van der Waals surface area contributed by atoms with Gasteiger partial charge < -0.3 is 15.2 Å². The molecular formula is C26H25N7O3. The van der Waals surface area contributed by atoms with E-state index in [0.29, 0.717) is 18.7 Å². The van der Waals surface area contributed by atoms with Crippen molar-refractivity contribution in [2.24, 2.45) is 0 Å². The Balaban J connectivity index is 1.20. The minimum absolute atomic E-state index is 0.109. The molecule has 10 heteroatoms. The number of rotatable bonds is 8. The average Bonchev–Trinajstić information content (AvgIpc) is 3.53. The largest absolute Gasteiger partial charge is 0.493 e. The second-order valence-electron chi connectivity index (χ2n) is 8.92. The van der Waals surface area contributed by atoms with Crippen molar-refractivity contribution in [3.05, 3.63) is 78.0 Å². The van der Waals surface area contributed by atoms with Crippen LogP contribution in [0, 0.1) is 0 Å². The summed E-state index contributed by atoms with van der Waals surface area (Å²) in [6.07, 6.45) is 7.98. The number of hydrogen-bond acceptors (Lipinski definition) is 7. The van der Waals surface area contributed by atoms with Gasteiger partial charge in [-0.2, -0.15) is 5.10 Å². The van der Waals surface area contributed by atoms with Crippen molar-refractivity contribution in [3.63, 3.8) is 0 Å². The molecule has 0 spiro atoms. The van der Waals surface area contributed by atoms with Crippen molar-refractivity contribution in [1.29, 1.82) is 0 Å². The predicted molar refractivity (Wildman–Crippen MR) is 133 cm³/mol. The molecule has 5 heterocycles. The van der Waals surface area contributed by atoms with E-state index >= 15 is 0 Å². The molecule has 1 aliphatic heterocycles. The van der Waals surface area contributed by atoms with Crippen LogP contribution in [0.25, 0.3) is 16.6 Å². The molecule has 0 fully saturated rings. The van der Waals surface area contributed by atoms with E-state index in [0.717, 1.165) is 53.1 Å². The molecule has 4 aromatic heterocycles. The number of aromatic nitrogens is 6. The van der Waals surface area contributed by atoms with Crippen LogP contribution in [0.4, 0.5) is 5.82 Å². The van der Waals surface area contributed by atoms with E-state index in [-0.39, 0.29) is 6.42 Å². The summed E-state index contributed by atoms with van der Waals surface area (Å²) in [5, 5.41) is 26.4. The molecule has 1 unspecified atom stereocenters. The van der Waals surface area contributed by atoms with Crippen LogP contribution in [0.5, 0.6) is 5.75 Å². The van der Waals surface area contributed by atoms with Gasteiger partial charge in [0, 0.05) is 30.2 Å². The molecule has 5 aromatic rings. The molecule has 1 aliphatic rings. The van der Waals surface area contributed by atoms with E-state index in [9.17, 15) is 9.90 Å². The maximum absolute atomic E-state index is 11.7. The number of aryl methyl sites for hydroxylation is 1. The zero-order valence-electron chi connectivity index (χ0n) is 19.5. The molecule has 182 valence electrons. The molecule has 6 rings (SSSR count). The third-order valence-electron chi connectivity index (χ3n) is 6.52. The summed E-state index contributed by atoms with van der Waals surface area (Å²) < 4.78 is 9.54. The molecule has 1 atom stereocenters. The van der Waals surface area contributed by atoms with Gasteiger partial charge in [0.25, 0.3) is 0 Å². The van der Waals surface area contributed by atoms with Crippen LogP contribution in [0.15, 0.2) is 61.2 Å². The Morgan fingerprint density at radius 2 is 2.14 bits per heavy atom. The normalized spacial score (nSPS) is 13.9. The Labute approximate surface area is 206 Å². The number of hydrogen-bond donors (Lipinski definition) is 2. The van der Waals surface area contributed by atoms with Crippen LogP contribution >= 0.6 is 0 Å². The first-order valence-electron chi connectivity index (χ1n) is 12.0. The zero-order chi connectivity index (χ0) is 24.5. The zero-order valence-corrected chi connectivity index (χ0v) is 19.5. The van der Waals surface area contributed by atoms with Crippen molar-refractivity contribution >= 4 is 28.3 Å². The lowest BCUT2D eigenvalue weighted by Crippen LogP contribution is -2.16. The van der Waals surface area contributed by atoms with E-state index in [1.165, 1.54) is 5.56 Å². The van der Waals surface area contributed by atoms with Gasteiger partial charge in [0.15, 0.2) is 5.65 Å². The number of benzene rings is 1. The van der Waals surface area contributed by atoms with Gasteiger partial charge in [0.1, 0.15) is 17.9 Å². The molecule has 0 amide bonds. The summed E-state index contributed by atoms with van der Waals surface area (Å²) in [5.74, 6) is 0.820. The lowest BCUT2D eigenvalue weighted by atomic mass is 10.0.